The first-order valence-electron chi connectivity index (χ1n) is 6.68. The highest BCUT2D eigenvalue weighted by Gasteiger charge is 2.30. The maximum atomic E-state index is 14.8. The summed E-state index contributed by atoms with van der Waals surface area (Å²) < 4.78 is 14.8. The average Bonchev–Trinajstić information content (AvgIpc) is 2.33. The normalized spacial score (nSPS) is 23.7. The van der Waals surface area contributed by atoms with Gasteiger partial charge in [0.2, 0.25) is 0 Å². The van der Waals surface area contributed by atoms with Crippen LogP contribution in [0.25, 0.3) is 0 Å². The molecule has 2 rings (SSSR count). The van der Waals surface area contributed by atoms with Gasteiger partial charge in [-0.05, 0) is 50.4 Å². The topological polar surface area (TPSA) is 12.0 Å². The SMILES string of the molecule is Cc1ccc(C(C)(F)CC2CCCCN2)cc1Cl. The average molecular weight is 270 g/mol. The molecule has 1 aliphatic rings. The third-order valence-electron chi connectivity index (χ3n) is 3.82. The van der Waals surface area contributed by atoms with Crippen molar-refractivity contribution in [3.8, 4) is 0 Å². The number of piperidine rings is 1. The molecule has 1 aromatic rings. The Morgan fingerprint density at radius 2 is 2.22 bits per heavy atom. The molecule has 0 spiro atoms. The predicted molar refractivity (Wildman–Crippen MR) is 74.9 cm³/mol. The molecule has 0 aromatic heterocycles. The Labute approximate surface area is 114 Å². The minimum atomic E-state index is -1.31. The largest absolute Gasteiger partial charge is 0.314 e. The van der Waals surface area contributed by atoms with Crippen LogP contribution in [0.5, 0.6) is 0 Å². The second-order valence-electron chi connectivity index (χ2n) is 5.51. The van der Waals surface area contributed by atoms with E-state index in [1.807, 2.05) is 19.1 Å². The summed E-state index contributed by atoms with van der Waals surface area (Å²) in [5, 5.41) is 4.04. The predicted octanol–water partition coefficient (Wildman–Crippen LogP) is 4.37. The molecule has 1 fully saturated rings. The van der Waals surface area contributed by atoms with E-state index < -0.39 is 5.67 Å². The fraction of sp³-hybridized carbons (Fsp3) is 0.600. The first-order valence-corrected chi connectivity index (χ1v) is 7.06. The number of benzene rings is 1. The molecule has 0 radical (unpaired) electrons. The van der Waals surface area contributed by atoms with Crippen molar-refractivity contribution >= 4 is 11.6 Å². The standard InChI is InChI=1S/C15H21ClFN/c1-11-6-7-12(9-14(11)16)15(2,17)10-13-5-3-4-8-18-13/h6-7,9,13,18H,3-5,8,10H2,1-2H3. The summed E-state index contributed by atoms with van der Waals surface area (Å²) in [6, 6.07) is 5.79. The maximum absolute atomic E-state index is 14.8. The molecule has 1 heterocycles. The van der Waals surface area contributed by atoms with Crippen LogP contribution in [0, 0.1) is 6.92 Å². The van der Waals surface area contributed by atoms with Crippen LogP contribution in [0.15, 0.2) is 18.2 Å². The smallest absolute Gasteiger partial charge is 0.134 e. The van der Waals surface area contributed by atoms with Gasteiger partial charge in [0, 0.05) is 17.5 Å². The summed E-state index contributed by atoms with van der Waals surface area (Å²) in [7, 11) is 0. The Balaban J connectivity index is 2.10. The van der Waals surface area contributed by atoms with Gasteiger partial charge in [-0.15, -0.1) is 0 Å². The van der Waals surface area contributed by atoms with Crippen LogP contribution in [0.4, 0.5) is 4.39 Å². The highest BCUT2D eigenvalue weighted by Crippen LogP contribution is 2.34. The van der Waals surface area contributed by atoms with Crippen molar-refractivity contribution < 1.29 is 4.39 Å². The van der Waals surface area contributed by atoms with E-state index in [1.165, 1.54) is 12.8 Å². The lowest BCUT2D eigenvalue weighted by molar-refractivity contribution is 0.146. The van der Waals surface area contributed by atoms with Crippen LogP contribution in [-0.4, -0.2) is 12.6 Å². The van der Waals surface area contributed by atoms with Crippen LogP contribution < -0.4 is 5.32 Å². The molecular weight excluding hydrogens is 249 g/mol. The highest BCUT2D eigenvalue weighted by atomic mass is 35.5. The fourth-order valence-corrected chi connectivity index (χ4v) is 2.78. The zero-order chi connectivity index (χ0) is 13.2. The van der Waals surface area contributed by atoms with E-state index in [2.05, 4.69) is 5.32 Å². The molecule has 0 amide bonds. The molecule has 1 aromatic carbocycles. The van der Waals surface area contributed by atoms with E-state index in [0.717, 1.165) is 18.5 Å². The van der Waals surface area contributed by atoms with Gasteiger partial charge < -0.3 is 5.32 Å². The van der Waals surface area contributed by atoms with E-state index in [4.69, 9.17) is 11.6 Å². The number of halogens is 2. The summed E-state index contributed by atoms with van der Waals surface area (Å²) in [6.07, 6.45) is 3.99. The zero-order valence-electron chi connectivity index (χ0n) is 11.1. The molecule has 2 atom stereocenters. The van der Waals surface area contributed by atoms with Gasteiger partial charge in [-0.3, -0.25) is 0 Å². The van der Waals surface area contributed by atoms with Crippen molar-refractivity contribution in [2.45, 2.75) is 51.2 Å². The van der Waals surface area contributed by atoms with Crippen LogP contribution in [0.2, 0.25) is 5.02 Å². The zero-order valence-corrected chi connectivity index (χ0v) is 11.9. The van der Waals surface area contributed by atoms with Crippen molar-refractivity contribution in [1.29, 1.82) is 0 Å². The van der Waals surface area contributed by atoms with E-state index in [0.29, 0.717) is 17.0 Å². The molecule has 100 valence electrons. The minimum Gasteiger partial charge on any atom is -0.314 e. The van der Waals surface area contributed by atoms with Gasteiger partial charge in [0.15, 0.2) is 0 Å². The van der Waals surface area contributed by atoms with Crippen LogP contribution >= 0.6 is 11.6 Å². The lowest BCUT2D eigenvalue weighted by Gasteiger charge is -2.30. The third kappa shape index (κ3) is 3.24. The Hall–Kier alpha value is -0.600. The summed E-state index contributed by atoms with van der Waals surface area (Å²) in [5.74, 6) is 0. The number of hydrogen-bond donors (Lipinski definition) is 1. The molecule has 1 nitrogen and oxygen atoms in total. The number of aryl methyl sites for hydroxylation is 1. The molecule has 3 heteroatoms. The van der Waals surface area contributed by atoms with E-state index >= 15 is 0 Å². The van der Waals surface area contributed by atoms with Crippen molar-refractivity contribution in [1.82, 2.24) is 5.32 Å². The Morgan fingerprint density at radius 3 is 2.83 bits per heavy atom. The van der Waals surface area contributed by atoms with Gasteiger partial charge in [-0.25, -0.2) is 4.39 Å². The maximum Gasteiger partial charge on any atom is 0.134 e. The number of nitrogens with one attached hydrogen (secondary N) is 1. The highest BCUT2D eigenvalue weighted by molar-refractivity contribution is 6.31. The number of rotatable bonds is 3. The minimum absolute atomic E-state index is 0.286. The van der Waals surface area contributed by atoms with Gasteiger partial charge in [-0.2, -0.15) is 0 Å². The van der Waals surface area contributed by atoms with Crippen molar-refractivity contribution in [3.05, 3.63) is 34.3 Å². The molecular formula is C15H21ClFN. The van der Waals surface area contributed by atoms with Gasteiger partial charge in [-0.1, -0.05) is 30.2 Å². The van der Waals surface area contributed by atoms with E-state index in [1.54, 1.807) is 13.0 Å². The Morgan fingerprint density at radius 1 is 1.44 bits per heavy atom. The van der Waals surface area contributed by atoms with Crippen LogP contribution in [0.3, 0.4) is 0 Å². The number of hydrogen-bond acceptors (Lipinski definition) is 1. The first kappa shape index (κ1) is 13.8. The lowest BCUT2D eigenvalue weighted by Crippen LogP contribution is -2.38. The molecule has 0 saturated carbocycles. The monoisotopic (exact) mass is 269 g/mol. The lowest BCUT2D eigenvalue weighted by atomic mass is 9.87. The van der Waals surface area contributed by atoms with E-state index in [9.17, 15) is 4.39 Å². The Kier molecular flexibility index (Phi) is 4.29. The van der Waals surface area contributed by atoms with Gasteiger partial charge in [0.05, 0.1) is 0 Å². The first-order chi connectivity index (χ1) is 8.49. The van der Waals surface area contributed by atoms with Crippen LogP contribution in [-0.2, 0) is 5.67 Å². The summed E-state index contributed by atoms with van der Waals surface area (Å²) in [5.41, 5.74) is 0.365. The summed E-state index contributed by atoms with van der Waals surface area (Å²) >= 11 is 6.08. The number of alkyl halides is 1. The van der Waals surface area contributed by atoms with Crippen molar-refractivity contribution in [2.75, 3.05) is 6.54 Å². The molecule has 1 saturated heterocycles. The quantitative estimate of drug-likeness (QED) is 0.859. The fourth-order valence-electron chi connectivity index (χ4n) is 2.60. The van der Waals surface area contributed by atoms with Gasteiger partial charge in [0.25, 0.3) is 0 Å². The van der Waals surface area contributed by atoms with Gasteiger partial charge >= 0.3 is 0 Å². The van der Waals surface area contributed by atoms with Gasteiger partial charge in [0.1, 0.15) is 5.67 Å². The second kappa shape index (κ2) is 5.58. The summed E-state index contributed by atoms with van der Waals surface area (Å²) in [6.45, 7) is 4.60. The molecule has 0 bridgehead atoms. The molecule has 1 aliphatic heterocycles. The molecule has 18 heavy (non-hydrogen) atoms. The van der Waals surface area contributed by atoms with E-state index in [-0.39, 0.29) is 6.04 Å². The summed E-state index contributed by atoms with van der Waals surface area (Å²) in [4.78, 5) is 0. The van der Waals surface area contributed by atoms with Crippen molar-refractivity contribution in [2.24, 2.45) is 0 Å². The second-order valence-corrected chi connectivity index (χ2v) is 5.92. The molecule has 2 unspecified atom stereocenters. The van der Waals surface area contributed by atoms with Crippen molar-refractivity contribution in [3.63, 3.8) is 0 Å². The molecule has 0 aliphatic carbocycles. The Bertz CT molecular complexity index is 411. The third-order valence-corrected chi connectivity index (χ3v) is 4.22. The van der Waals surface area contributed by atoms with Crippen LogP contribution in [0.1, 0.15) is 43.7 Å². The molecule has 1 N–H and O–H groups in total.